The molecule has 0 aromatic rings. The Morgan fingerprint density at radius 1 is 1.32 bits per heavy atom. The van der Waals surface area contributed by atoms with E-state index < -0.39 is 0 Å². The lowest BCUT2D eigenvalue weighted by molar-refractivity contribution is -0.0399. The van der Waals surface area contributed by atoms with E-state index in [4.69, 9.17) is 4.74 Å². The number of rotatable bonds is 8. The molecule has 0 bridgehead atoms. The van der Waals surface area contributed by atoms with E-state index in [0.717, 1.165) is 52.4 Å². The van der Waals surface area contributed by atoms with Crippen molar-refractivity contribution in [3.8, 4) is 0 Å². The average Bonchev–Trinajstić information content (AvgIpc) is 2.42. The molecular formula is C15H35N3O. The molecule has 1 heterocycles. The maximum atomic E-state index is 5.83. The van der Waals surface area contributed by atoms with Gasteiger partial charge in [0.2, 0.25) is 0 Å². The van der Waals surface area contributed by atoms with Crippen molar-refractivity contribution >= 4 is 0 Å². The minimum absolute atomic E-state index is 0.391. The molecule has 4 heteroatoms. The standard InChI is InChI=1S/C13H29N3O.C2H6/c1-4-7-15(3)11-13-12-16(9-10-17-13)8-6-14-5-2;1-2/h13-14H,4-12H2,1-3H3;1-2H3. The second kappa shape index (κ2) is 12.9. The van der Waals surface area contributed by atoms with Gasteiger partial charge in [-0.1, -0.05) is 27.7 Å². The van der Waals surface area contributed by atoms with Crippen LogP contribution >= 0.6 is 0 Å². The van der Waals surface area contributed by atoms with Crippen LogP contribution in [-0.2, 0) is 4.74 Å². The summed E-state index contributed by atoms with van der Waals surface area (Å²) in [6, 6.07) is 0. The fraction of sp³-hybridized carbons (Fsp3) is 1.00. The summed E-state index contributed by atoms with van der Waals surface area (Å²) in [6.45, 7) is 17.0. The molecule has 1 aliphatic heterocycles. The number of nitrogens with zero attached hydrogens (tertiary/aromatic N) is 2. The van der Waals surface area contributed by atoms with Gasteiger partial charge < -0.3 is 15.0 Å². The van der Waals surface area contributed by atoms with Crippen molar-refractivity contribution in [1.29, 1.82) is 0 Å². The molecule has 1 atom stereocenters. The molecule has 0 spiro atoms. The molecule has 116 valence electrons. The zero-order valence-corrected chi connectivity index (χ0v) is 13.7. The topological polar surface area (TPSA) is 27.7 Å². The van der Waals surface area contributed by atoms with Gasteiger partial charge in [0.15, 0.2) is 0 Å². The van der Waals surface area contributed by atoms with E-state index in [-0.39, 0.29) is 0 Å². The van der Waals surface area contributed by atoms with Crippen LogP contribution in [0.3, 0.4) is 0 Å². The molecule has 0 saturated carbocycles. The lowest BCUT2D eigenvalue weighted by Gasteiger charge is -2.34. The molecule has 0 radical (unpaired) electrons. The van der Waals surface area contributed by atoms with Crippen LogP contribution < -0.4 is 5.32 Å². The van der Waals surface area contributed by atoms with Crippen molar-refractivity contribution in [3.63, 3.8) is 0 Å². The largest absolute Gasteiger partial charge is 0.374 e. The van der Waals surface area contributed by atoms with Crippen LogP contribution in [0.15, 0.2) is 0 Å². The summed E-state index contributed by atoms with van der Waals surface area (Å²) < 4.78 is 5.83. The van der Waals surface area contributed by atoms with Gasteiger partial charge in [-0.2, -0.15) is 0 Å². The second-order valence-corrected chi connectivity index (χ2v) is 4.91. The van der Waals surface area contributed by atoms with Crippen molar-refractivity contribution in [2.45, 2.75) is 40.2 Å². The lowest BCUT2D eigenvalue weighted by atomic mass is 10.2. The van der Waals surface area contributed by atoms with Crippen molar-refractivity contribution in [2.24, 2.45) is 0 Å². The Kier molecular flexibility index (Phi) is 12.7. The zero-order valence-electron chi connectivity index (χ0n) is 13.7. The predicted octanol–water partition coefficient (Wildman–Crippen LogP) is 1.66. The highest BCUT2D eigenvalue weighted by Gasteiger charge is 2.20. The van der Waals surface area contributed by atoms with E-state index in [1.54, 1.807) is 0 Å². The maximum absolute atomic E-state index is 5.83. The Bertz CT molecular complexity index is 190. The highest BCUT2D eigenvalue weighted by atomic mass is 16.5. The first-order chi connectivity index (χ1) is 9.26. The average molecular weight is 273 g/mol. The van der Waals surface area contributed by atoms with Crippen molar-refractivity contribution in [1.82, 2.24) is 15.1 Å². The van der Waals surface area contributed by atoms with E-state index in [2.05, 4.69) is 36.0 Å². The van der Waals surface area contributed by atoms with Gasteiger partial charge in [0.25, 0.3) is 0 Å². The van der Waals surface area contributed by atoms with Crippen LogP contribution in [0.4, 0.5) is 0 Å². The van der Waals surface area contributed by atoms with E-state index in [9.17, 15) is 0 Å². The third kappa shape index (κ3) is 9.38. The summed E-state index contributed by atoms with van der Waals surface area (Å²) in [6.07, 6.45) is 1.61. The van der Waals surface area contributed by atoms with Crippen LogP contribution in [-0.4, -0.2) is 75.4 Å². The van der Waals surface area contributed by atoms with Gasteiger partial charge in [-0.3, -0.25) is 4.90 Å². The van der Waals surface area contributed by atoms with Gasteiger partial charge in [0.1, 0.15) is 0 Å². The maximum Gasteiger partial charge on any atom is 0.0829 e. The molecule has 1 rings (SSSR count). The van der Waals surface area contributed by atoms with Gasteiger partial charge in [0, 0.05) is 32.7 Å². The molecule has 19 heavy (non-hydrogen) atoms. The summed E-state index contributed by atoms with van der Waals surface area (Å²) in [7, 11) is 2.18. The van der Waals surface area contributed by atoms with Crippen molar-refractivity contribution < 1.29 is 4.74 Å². The van der Waals surface area contributed by atoms with Crippen LogP contribution in [0, 0.1) is 0 Å². The minimum Gasteiger partial charge on any atom is -0.374 e. The number of ether oxygens (including phenoxy) is 1. The molecule has 1 fully saturated rings. The summed E-state index contributed by atoms with van der Waals surface area (Å²) in [5.41, 5.74) is 0. The van der Waals surface area contributed by atoms with Crippen LogP contribution in [0.25, 0.3) is 0 Å². The predicted molar refractivity (Wildman–Crippen MR) is 83.9 cm³/mol. The van der Waals surface area contributed by atoms with Crippen molar-refractivity contribution in [3.05, 3.63) is 0 Å². The highest BCUT2D eigenvalue weighted by molar-refractivity contribution is 4.74. The normalized spacial score (nSPS) is 20.2. The van der Waals surface area contributed by atoms with Crippen LogP contribution in [0.2, 0.25) is 0 Å². The smallest absolute Gasteiger partial charge is 0.0829 e. The molecule has 1 saturated heterocycles. The fourth-order valence-electron chi connectivity index (χ4n) is 2.33. The Morgan fingerprint density at radius 2 is 2.05 bits per heavy atom. The lowest BCUT2D eigenvalue weighted by Crippen LogP contribution is -2.48. The van der Waals surface area contributed by atoms with Gasteiger partial charge in [-0.15, -0.1) is 0 Å². The van der Waals surface area contributed by atoms with Gasteiger partial charge in [-0.05, 0) is 26.6 Å². The van der Waals surface area contributed by atoms with Crippen LogP contribution in [0.5, 0.6) is 0 Å². The number of likely N-dealkylation sites (N-methyl/N-ethyl adjacent to an activating group) is 2. The third-order valence-corrected chi connectivity index (χ3v) is 3.20. The van der Waals surface area contributed by atoms with E-state index in [0.29, 0.717) is 6.10 Å². The molecule has 1 unspecified atom stereocenters. The molecule has 1 N–H and O–H groups in total. The summed E-state index contributed by atoms with van der Waals surface area (Å²) in [4.78, 5) is 4.88. The first kappa shape index (κ1) is 18.8. The number of morpholine rings is 1. The Labute approximate surface area is 120 Å². The number of hydrogen-bond acceptors (Lipinski definition) is 4. The highest BCUT2D eigenvalue weighted by Crippen LogP contribution is 2.06. The van der Waals surface area contributed by atoms with Crippen molar-refractivity contribution in [2.75, 3.05) is 59.5 Å². The second-order valence-electron chi connectivity index (χ2n) is 4.91. The molecule has 0 aromatic heterocycles. The Balaban J connectivity index is 0.00000154. The number of hydrogen-bond donors (Lipinski definition) is 1. The summed E-state index contributed by atoms with van der Waals surface area (Å²) in [5.74, 6) is 0. The monoisotopic (exact) mass is 273 g/mol. The SMILES string of the molecule is CC.CCCN(C)CC1CN(CCNCC)CCO1. The summed E-state index contributed by atoms with van der Waals surface area (Å²) in [5, 5.41) is 3.38. The molecule has 4 nitrogen and oxygen atoms in total. The molecule has 1 aliphatic rings. The quantitative estimate of drug-likeness (QED) is 0.681. The van der Waals surface area contributed by atoms with E-state index in [1.165, 1.54) is 6.42 Å². The molecular weight excluding hydrogens is 238 g/mol. The summed E-state index contributed by atoms with van der Waals surface area (Å²) >= 11 is 0. The fourth-order valence-corrected chi connectivity index (χ4v) is 2.33. The molecule has 0 aromatic carbocycles. The third-order valence-electron chi connectivity index (χ3n) is 3.20. The molecule has 0 aliphatic carbocycles. The Morgan fingerprint density at radius 3 is 2.68 bits per heavy atom. The van der Waals surface area contributed by atoms with E-state index >= 15 is 0 Å². The van der Waals surface area contributed by atoms with Crippen LogP contribution in [0.1, 0.15) is 34.1 Å². The number of nitrogens with one attached hydrogen (secondary N) is 1. The molecule has 0 amide bonds. The van der Waals surface area contributed by atoms with Gasteiger partial charge >= 0.3 is 0 Å². The Hall–Kier alpha value is -0.160. The zero-order chi connectivity index (χ0) is 14.5. The first-order valence-electron chi connectivity index (χ1n) is 7.99. The first-order valence-corrected chi connectivity index (χ1v) is 7.99. The van der Waals surface area contributed by atoms with Gasteiger partial charge in [-0.25, -0.2) is 0 Å². The van der Waals surface area contributed by atoms with E-state index in [1.807, 2.05) is 13.8 Å². The van der Waals surface area contributed by atoms with Gasteiger partial charge in [0.05, 0.1) is 12.7 Å². The minimum atomic E-state index is 0.391.